The minimum Gasteiger partial charge on any atom is -0.490 e. The number of pyridine rings is 1. The molecule has 0 radical (unpaired) electrons. The number of anilines is 1. The zero-order valence-electron chi connectivity index (χ0n) is 15.8. The summed E-state index contributed by atoms with van der Waals surface area (Å²) in [4.78, 5) is 27.6. The van der Waals surface area contributed by atoms with Crippen molar-refractivity contribution in [1.29, 1.82) is 0 Å². The van der Waals surface area contributed by atoms with Gasteiger partial charge in [-0.1, -0.05) is 6.07 Å². The molecule has 10 nitrogen and oxygen atoms in total. The fourth-order valence-corrected chi connectivity index (χ4v) is 3.31. The average molecular weight is 416 g/mol. The summed E-state index contributed by atoms with van der Waals surface area (Å²) < 4.78 is 24.0. The number of rotatable bonds is 6. The van der Waals surface area contributed by atoms with Gasteiger partial charge < -0.3 is 21.5 Å². The number of amides is 2. The maximum Gasteiger partial charge on any atom is 0.267 e. The van der Waals surface area contributed by atoms with Crippen molar-refractivity contribution in [1.82, 2.24) is 10.3 Å². The number of carbonyl (C=O) groups excluding carboxylic acids is 2. The quantitative estimate of drug-likeness (QED) is 0.535. The number of benzene rings is 1. The first-order valence-electron chi connectivity index (χ1n) is 8.53. The number of nitrogens with zero attached hydrogens (tertiary/aromatic N) is 2. The van der Waals surface area contributed by atoms with Crippen molar-refractivity contribution in [3.8, 4) is 5.75 Å². The van der Waals surface area contributed by atoms with E-state index in [1.165, 1.54) is 18.3 Å². The zero-order valence-corrected chi connectivity index (χ0v) is 16.6. The number of aromatic nitrogens is 1. The molecule has 1 aliphatic rings. The molecule has 1 atom stereocenters. The maximum absolute atomic E-state index is 12.5. The summed E-state index contributed by atoms with van der Waals surface area (Å²) >= 11 is -1.63. The molecule has 0 saturated carbocycles. The number of primary amides is 1. The van der Waals surface area contributed by atoms with Crippen LogP contribution in [0.25, 0.3) is 0 Å². The van der Waals surface area contributed by atoms with Gasteiger partial charge in [0.05, 0.1) is 16.8 Å². The van der Waals surface area contributed by atoms with Crippen molar-refractivity contribution < 1.29 is 18.5 Å². The van der Waals surface area contributed by atoms with Crippen molar-refractivity contribution in [2.75, 3.05) is 11.3 Å². The number of fused-ring (bicyclic) bond motifs is 1. The lowest BCUT2D eigenvalue weighted by Gasteiger charge is -2.27. The smallest absolute Gasteiger partial charge is 0.267 e. The Morgan fingerprint density at radius 3 is 2.79 bits per heavy atom. The van der Waals surface area contributed by atoms with Crippen LogP contribution < -0.4 is 26.2 Å². The van der Waals surface area contributed by atoms with Gasteiger partial charge in [0, 0.05) is 11.8 Å². The highest BCUT2D eigenvalue weighted by atomic mass is 32.2. The molecule has 1 aromatic carbocycles. The fourth-order valence-electron chi connectivity index (χ4n) is 2.63. The van der Waals surface area contributed by atoms with Crippen LogP contribution in [0.1, 0.15) is 40.3 Å². The van der Waals surface area contributed by atoms with Crippen molar-refractivity contribution in [3.63, 3.8) is 0 Å². The lowest BCUT2D eigenvalue weighted by atomic mass is 10.1. The first kappa shape index (κ1) is 20.3. The predicted octanol–water partition coefficient (Wildman–Crippen LogP) is 0.477. The van der Waals surface area contributed by atoms with Gasteiger partial charge >= 0.3 is 0 Å². The molecule has 152 valence electrons. The SMILES string of the molecule is CC(C)(COc1cccc2c1C(N)=NS(=O)N2)NC(=O)c1ccnc(C(N)=O)c1. The van der Waals surface area contributed by atoms with Gasteiger partial charge in [0.25, 0.3) is 11.8 Å². The summed E-state index contributed by atoms with van der Waals surface area (Å²) in [7, 11) is 0. The number of ether oxygens (including phenoxy) is 1. The molecule has 1 aliphatic heterocycles. The summed E-state index contributed by atoms with van der Waals surface area (Å²) in [5.41, 5.74) is 11.6. The third-order valence-electron chi connectivity index (χ3n) is 3.98. The van der Waals surface area contributed by atoms with Crippen LogP contribution in [0, 0.1) is 0 Å². The van der Waals surface area contributed by atoms with Crippen LogP contribution in [-0.2, 0) is 11.2 Å². The third kappa shape index (κ3) is 4.69. The number of nitrogens with two attached hydrogens (primary N) is 2. The molecule has 2 heterocycles. The molecular formula is C18H20N6O4S. The van der Waals surface area contributed by atoms with Gasteiger partial charge in [0.1, 0.15) is 23.9 Å². The molecule has 3 rings (SSSR count). The summed E-state index contributed by atoms with van der Waals surface area (Å²) in [6.07, 6.45) is 1.34. The molecule has 2 amide bonds. The normalized spacial score (nSPS) is 15.5. The van der Waals surface area contributed by atoms with Gasteiger partial charge in [-0.05, 0) is 38.1 Å². The Balaban J connectivity index is 1.72. The summed E-state index contributed by atoms with van der Waals surface area (Å²) in [5, 5.41) is 2.84. The topological polar surface area (TPSA) is 162 Å². The van der Waals surface area contributed by atoms with Crippen LogP contribution in [0.5, 0.6) is 5.75 Å². The Hall–Kier alpha value is -3.47. The molecule has 0 fully saturated rings. The van der Waals surface area contributed by atoms with Crippen LogP contribution in [0.2, 0.25) is 0 Å². The van der Waals surface area contributed by atoms with Crippen molar-refractivity contribution >= 4 is 34.5 Å². The molecule has 11 heteroatoms. The molecule has 0 spiro atoms. The van der Waals surface area contributed by atoms with E-state index in [9.17, 15) is 13.8 Å². The number of carbonyl (C=O) groups is 2. The van der Waals surface area contributed by atoms with E-state index in [1.54, 1.807) is 32.0 Å². The van der Waals surface area contributed by atoms with Crippen molar-refractivity contribution in [2.24, 2.45) is 15.9 Å². The first-order chi connectivity index (χ1) is 13.7. The highest BCUT2D eigenvalue weighted by Gasteiger charge is 2.25. The highest BCUT2D eigenvalue weighted by Crippen LogP contribution is 2.30. The molecule has 0 aliphatic carbocycles. The lowest BCUT2D eigenvalue weighted by Crippen LogP contribution is -2.48. The highest BCUT2D eigenvalue weighted by molar-refractivity contribution is 7.85. The van der Waals surface area contributed by atoms with Gasteiger partial charge in [-0.3, -0.25) is 19.3 Å². The largest absolute Gasteiger partial charge is 0.490 e. The van der Waals surface area contributed by atoms with Crippen LogP contribution in [0.15, 0.2) is 40.9 Å². The van der Waals surface area contributed by atoms with Crippen molar-refractivity contribution in [3.05, 3.63) is 53.3 Å². The molecule has 2 aromatic rings. The molecule has 1 aromatic heterocycles. The fraction of sp³-hybridized carbons (Fsp3) is 0.222. The minimum atomic E-state index is -1.63. The molecule has 0 saturated heterocycles. The molecule has 1 unspecified atom stereocenters. The summed E-state index contributed by atoms with van der Waals surface area (Å²) in [5.74, 6) is -0.581. The van der Waals surface area contributed by atoms with E-state index >= 15 is 0 Å². The lowest BCUT2D eigenvalue weighted by molar-refractivity contribution is 0.0880. The van der Waals surface area contributed by atoms with Gasteiger partial charge in [-0.15, -0.1) is 0 Å². The van der Waals surface area contributed by atoms with E-state index in [2.05, 4.69) is 19.4 Å². The molecule has 0 bridgehead atoms. The summed E-state index contributed by atoms with van der Waals surface area (Å²) in [6.45, 7) is 3.67. The second kappa shape index (κ2) is 7.87. The van der Waals surface area contributed by atoms with E-state index in [0.717, 1.165) is 0 Å². The van der Waals surface area contributed by atoms with Gasteiger partial charge in [0.2, 0.25) is 11.2 Å². The Labute approximate surface area is 169 Å². The maximum atomic E-state index is 12.5. The van der Waals surface area contributed by atoms with E-state index < -0.39 is 28.5 Å². The van der Waals surface area contributed by atoms with Gasteiger partial charge in [-0.25, -0.2) is 4.21 Å². The Morgan fingerprint density at radius 1 is 1.31 bits per heavy atom. The van der Waals surface area contributed by atoms with Crippen LogP contribution in [0.3, 0.4) is 0 Å². The van der Waals surface area contributed by atoms with Crippen LogP contribution in [0.4, 0.5) is 5.69 Å². The number of amidine groups is 1. The zero-order chi connectivity index (χ0) is 21.2. The van der Waals surface area contributed by atoms with Crippen LogP contribution in [-0.4, -0.2) is 39.0 Å². The summed E-state index contributed by atoms with van der Waals surface area (Å²) in [6, 6.07) is 7.95. The van der Waals surface area contributed by atoms with E-state index in [-0.39, 0.29) is 23.7 Å². The van der Waals surface area contributed by atoms with E-state index in [0.29, 0.717) is 17.0 Å². The number of hydrogen-bond acceptors (Lipinski definition) is 6. The second-order valence-corrected chi connectivity index (χ2v) is 7.81. The third-order valence-corrected chi connectivity index (χ3v) is 4.73. The monoisotopic (exact) mass is 416 g/mol. The van der Waals surface area contributed by atoms with Gasteiger partial charge in [0.15, 0.2) is 0 Å². The average Bonchev–Trinajstić information content (AvgIpc) is 2.65. The first-order valence-corrected chi connectivity index (χ1v) is 9.64. The van der Waals surface area contributed by atoms with Crippen molar-refractivity contribution in [2.45, 2.75) is 19.4 Å². The van der Waals surface area contributed by atoms with E-state index in [4.69, 9.17) is 16.2 Å². The standard InChI is InChI=1S/C18H20N6O4S/c1-18(2,22-17(26)10-6-7-21-12(8-10)16(20)25)9-28-13-5-3-4-11-14(13)15(19)24-29(27)23-11/h3-8,23H,9H2,1-2H3,(H2,19,24)(H2,20,25)(H,22,26). The van der Waals surface area contributed by atoms with E-state index in [1.807, 2.05) is 0 Å². The molecule has 6 N–H and O–H groups in total. The van der Waals surface area contributed by atoms with Crippen LogP contribution >= 0.6 is 0 Å². The second-order valence-electron chi connectivity index (χ2n) is 6.93. The minimum absolute atomic E-state index is 0.00210. The Kier molecular flexibility index (Phi) is 5.50. The number of nitrogens with one attached hydrogen (secondary N) is 2. The van der Waals surface area contributed by atoms with Gasteiger partial charge in [-0.2, -0.15) is 4.40 Å². The molecular weight excluding hydrogens is 396 g/mol. The Morgan fingerprint density at radius 2 is 2.07 bits per heavy atom. The number of hydrogen-bond donors (Lipinski definition) is 4. The predicted molar refractivity (Wildman–Crippen MR) is 109 cm³/mol. The molecule has 29 heavy (non-hydrogen) atoms. The Bertz CT molecular complexity index is 1040.